The van der Waals surface area contributed by atoms with Gasteiger partial charge in [0, 0.05) is 38.2 Å². The molecule has 0 radical (unpaired) electrons. The average Bonchev–Trinajstić information content (AvgIpc) is 3.29. The zero-order valence-corrected chi connectivity index (χ0v) is 17.8. The second-order valence-electron chi connectivity index (χ2n) is 8.28. The van der Waals surface area contributed by atoms with Crippen LogP contribution in [0.3, 0.4) is 0 Å². The van der Waals surface area contributed by atoms with Gasteiger partial charge < -0.3 is 14.5 Å². The topological polar surface area (TPSA) is 80.6 Å². The predicted molar refractivity (Wildman–Crippen MR) is 108 cm³/mol. The third kappa shape index (κ3) is 4.34. The van der Waals surface area contributed by atoms with E-state index in [1.54, 1.807) is 27.8 Å². The van der Waals surface area contributed by atoms with E-state index in [0.717, 1.165) is 18.0 Å². The molecule has 0 saturated carbocycles. The van der Waals surface area contributed by atoms with Gasteiger partial charge in [-0.3, -0.25) is 19.3 Å². The Labute approximate surface area is 183 Å². The number of ether oxygens (including phenoxy) is 1. The van der Waals surface area contributed by atoms with Crippen molar-refractivity contribution in [3.8, 4) is 0 Å². The lowest BCUT2D eigenvalue weighted by Crippen LogP contribution is -2.46. The van der Waals surface area contributed by atoms with Crippen LogP contribution < -0.4 is 4.90 Å². The van der Waals surface area contributed by atoms with Crippen LogP contribution in [0.5, 0.6) is 0 Å². The molecule has 2 atom stereocenters. The van der Waals surface area contributed by atoms with Crippen LogP contribution in [-0.2, 0) is 40.0 Å². The van der Waals surface area contributed by atoms with E-state index in [1.807, 2.05) is 6.92 Å². The summed E-state index contributed by atoms with van der Waals surface area (Å²) in [4.78, 5) is 32.2. The molecular weight excluding hydrogens is 427 g/mol. The van der Waals surface area contributed by atoms with Crippen molar-refractivity contribution < 1.29 is 27.5 Å². The highest BCUT2D eigenvalue weighted by Crippen LogP contribution is 2.32. The number of aromatic nitrogens is 3. The first-order chi connectivity index (χ1) is 15.2. The van der Waals surface area contributed by atoms with Crippen molar-refractivity contribution >= 4 is 17.5 Å². The minimum Gasteiger partial charge on any atom is -0.384 e. The number of rotatable bonds is 5. The molecular formula is C21H24F3N5O3. The fourth-order valence-electron chi connectivity index (χ4n) is 4.32. The fraction of sp³-hybridized carbons (Fsp3) is 0.524. The minimum absolute atomic E-state index is 0.0178. The van der Waals surface area contributed by atoms with Crippen LogP contribution in [-0.4, -0.2) is 57.8 Å². The van der Waals surface area contributed by atoms with Gasteiger partial charge >= 0.3 is 6.18 Å². The smallest absolute Gasteiger partial charge is 0.384 e. The van der Waals surface area contributed by atoms with Gasteiger partial charge in [-0.1, -0.05) is 0 Å². The lowest BCUT2D eigenvalue weighted by atomic mass is 10.1. The number of alkyl halides is 3. The summed E-state index contributed by atoms with van der Waals surface area (Å²) < 4.78 is 45.8. The Hall–Kier alpha value is -2.95. The number of methoxy groups -OCH3 is 1. The lowest BCUT2D eigenvalue weighted by Gasteiger charge is -2.35. The molecule has 32 heavy (non-hydrogen) atoms. The molecule has 1 saturated heterocycles. The largest absolute Gasteiger partial charge is 0.433 e. The molecule has 0 spiro atoms. The molecule has 2 aliphatic rings. The Bertz CT molecular complexity index is 1020. The molecule has 4 rings (SSSR count). The van der Waals surface area contributed by atoms with Crippen LogP contribution in [0.1, 0.15) is 30.3 Å². The number of hydrogen-bond acceptors (Lipinski definition) is 5. The number of hydrogen-bond donors (Lipinski definition) is 0. The van der Waals surface area contributed by atoms with Gasteiger partial charge in [-0.2, -0.15) is 18.3 Å². The summed E-state index contributed by atoms with van der Waals surface area (Å²) in [5.41, 5.74) is 0.643. The van der Waals surface area contributed by atoms with E-state index >= 15 is 0 Å². The molecule has 0 aromatic carbocycles. The highest BCUT2D eigenvalue weighted by atomic mass is 19.4. The summed E-state index contributed by atoms with van der Waals surface area (Å²) in [5.74, 6) is -0.214. The molecule has 8 nitrogen and oxygen atoms in total. The summed E-state index contributed by atoms with van der Waals surface area (Å²) in [6.45, 7) is 3.54. The zero-order chi connectivity index (χ0) is 23.0. The molecule has 2 aromatic rings. The normalized spacial score (nSPS) is 21.2. The van der Waals surface area contributed by atoms with E-state index in [-0.39, 0.29) is 42.3 Å². The number of anilines is 1. The molecule has 172 valence electrons. The number of amides is 2. The number of carbonyl (C=O) groups excluding carboxylic acids is 2. The summed E-state index contributed by atoms with van der Waals surface area (Å²) in [7, 11) is 1.60. The average molecular weight is 451 g/mol. The Balaban J connectivity index is 1.52. The van der Waals surface area contributed by atoms with Crippen molar-refractivity contribution in [2.75, 3.05) is 25.2 Å². The minimum atomic E-state index is -4.57. The van der Waals surface area contributed by atoms with Crippen molar-refractivity contribution in [1.29, 1.82) is 0 Å². The number of fused-ring (bicyclic) bond motifs is 1. The monoisotopic (exact) mass is 451 g/mol. The molecule has 4 heterocycles. The van der Waals surface area contributed by atoms with E-state index in [4.69, 9.17) is 4.74 Å². The van der Waals surface area contributed by atoms with Crippen LogP contribution >= 0.6 is 0 Å². The quantitative estimate of drug-likeness (QED) is 0.697. The van der Waals surface area contributed by atoms with Gasteiger partial charge in [0.25, 0.3) is 0 Å². The molecule has 2 amide bonds. The number of nitrogens with zero attached hydrogens (tertiary/aromatic N) is 5. The van der Waals surface area contributed by atoms with Crippen molar-refractivity contribution in [3.63, 3.8) is 0 Å². The molecule has 2 aliphatic heterocycles. The van der Waals surface area contributed by atoms with Gasteiger partial charge in [-0.25, -0.2) is 0 Å². The van der Waals surface area contributed by atoms with Crippen LogP contribution in [0.4, 0.5) is 18.9 Å². The first kappa shape index (κ1) is 22.3. The van der Waals surface area contributed by atoms with Crippen LogP contribution in [0, 0.1) is 5.92 Å². The van der Waals surface area contributed by atoms with Crippen LogP contribution in [0.25, 0.3) is 0 Å². The molecule has 1 fully saturated rings. The molecule has 1 unspecified atom stereocenters. The second kappa shape index (κ2) is 8.53. The third-order valence-corrected chi connectivity index (χ3v) is 5.90. The zero-order valence-electron chi connectivity index (χ0n) is 17.8. The number of carbonyl (C=O) groups is 2. The summed E-state index contributed by atoms with van der Waals surface area (Å²) >= 11 is 0. The van der Waals surface area contributed by atoms with Crippen molar-refractivity contribution in [2.24, 2.45) is 5.92 Å². The Morgan fingerprint density at radius 2 is 2.09 bits per heavy atom. The van der Waals surface area contributed by atoms with E-state index in [1.165, 1.54) is 6.07 Å². The van der Waals surface area contributed by atoms with E-state index in [9.17, 15) is 22.8 Å². The Morgan fingerprint density at radius 3 is 2.81 bits per heavy atom. The van der Waals surface area contributed by atoms with Crippen molar-refractivity contribution in [1.82, 2.24) is 19.7 Å². The highest BCUT2D eigenvalue weighted by Gasteiger charge is 2.37. The number of pyridine rings is 1. The van der Waals surface area contributed by atoms with Gasteiger partial charge in [-0.15, -0.1) is 0 Å². The Kier molecular flexibility index (Phi) is 5.93. The van der Waals surface area contributed by atoms with E-state index in [0.29, 0.717) is 31.8 Å². The van der Waals surface area contributed by atoms with Gasteiger partial charge in [0.15, 0.2) is 0 Å². The maximum absolute atomic E-state index is 13.0. The van der Waals surface area contributed by atoms with Crippen molar-refractivity contribution in [2.45, 2.75) is 45.1 Å². The van der Waals surface area contributed by atoms with Gasteiger partial charge in [0.2, 0.25) is 11.8 Å². The van der Waals surface area contributed by atoms with Gasteiger partial charge in [0.05, 0.1) is 43.7 Å². The third-order valence-electron chi connectivity index (χ3n) is 5.90. The molecule has 11 heteroatoms. The van der Waals surface area contributed by atoms with Gasteiger partial charge in [-0.05, 0) is 24.6 Å². The first-order valence-corrected chi connectivity index (χ1v) is 10.3. The summed E-state index contributed by atoms with van der Waals surface area (Å²) in [6.07, 6.45) is -1.64. The van der Waals surface area contributed by atoms with E-state index in [2.05, 4.69) is 10.1 Å². The maximum atomic E-state index is 13.0. The van der Waals surface area contributed by atoms with Crippen LogP contribution in [0.15, 0.2) is 24.5 Å². The second-order valence-corrected chi connectivity index (χ2v) is 8.28. The van der Waals surface area contributed by atoms with Crippen molar-refractivity contribution in [3.05, 3.63) is 41.5 Å². The molecule has 2 aromatic heterocycles. The summed E-state index contributed by atoms with van der Waals surface area (Å²) in [5, 5.41) is 4.39. The first-order valence-electron chi connectivity index (χ1n) is 10.3. The van der Waals surface area contributed by atoms with Gasteiger partial charge in [0.1, 0.15) is 5.69 Å². The molecule has 0 bridgehead atoms. The SMILES string of the molecule is COCC1CC(=O)N(c2cnn3c2CN(C(=O)Cc2ccnc(C(F)(F)F)c2)[C@@H](C)C3)C1. The highest BCUT2D eigenvalue weighted by molar-refractivity contribution is 5.96. The standard InChI is InChI=1S/C21H24F3N5O3/c1-13-9-29-17(16(8-26-29)28-10-15(12-32-2)7-20(28)31)11-27(13)19(30)6-14-3-4-25-18(5-14)21(22,23)24/h3-5,8,13,15H,6-7,9-12H2,1-2H3/t13-,15?/m0/s1. The fourth-order valence-corrected chi connectivity index (χ4v) is 4.32. The van der Waals surface area contributed by atoms with E-state index < -0.39 is 11.9 Å². The molecule has 0 N–H and O–H groups in total. The number of halogens is 3. The summed E-state index contributed by atoms with van der Waals surface area (Å²) in [6, 6.07) is 2.12. The van der Waals surface area contributed by atoms with Crippen LogP contribution in [0.2, 0.25) is 0 Å². The molecule has 0 aliphatic carbocycles. The Morgan fingerprint density at radius 1 is 1.31 bits per heavy atom. The predicted octanol–water partition coefficient (Wildman–Crippen LogP) is 2.27. The lowest BCUT2D eigenvalue weighted by molar-refractivity contribution is -0.141. The maximum Gasteiger partial charge on any atom is 0.433 e.